The van der Waals surface area contributed by atoms with Gasteiger partial charge in [0.2, 0.25) is 5.82 Å². The van der Waals surface area contributed by atoms with Gasteiger partial charge in [-0.05, 0) is 6.92 Å². The highest BCUT2D eigenvalue weighted by Crippen LogP contribution is 2.10. The van der Waals surface area contributed by atoms with Crippen molar-refractivity contribution in [3.63, 3.8) is 0 Å². The number of aliphatic carboxylic acids is 2. The second-order valence-electron chi connectivity index (χ2n) is 3.84. The van der Waals surface area contributed by atoms with E-state index in [0.717, 1.165) is 7.11 Å². The number of carboxylic acids is 2. The summed E-state index contributed by atoms with van der Waals surface area (Å²) in [6.07, 6.45) is -0.633. The van der Waals surface area contributed by atoms with Crippen molar-refractivity contribution in [1.82, 2.24) is 9.97 Å². The van der Waals surface area contributed by atoms with Crippen LogP contribution in [0.4, 0.5) is 5.82 Å². The number of aryl methyl sites for hydroxylation is 1. The molecule has 0 amide bonds. The molecule has 1 heterocycles. The van der Waals surface area contributed by atoms with Gasteiger partial charge < -0.3 is 20.3 Å². The molecule has 108 valence electrons. The van der Waals surface area contributed by atoms with Crippen LogP contribution in [0.5, 0.6) is 0 Å². The summed E-state index contributed by atoms with van der Waals surface area (Å²) in [6, 6.07) is 0.0248. The molecule has 0 aliphatic carbocycles. The van der Waals surface area contributed by atoms with Crippen LogP contribution in [0.25, 0.3) is 0 Å². The SMILES string of the molecule is COC(=O)c1nc(C)cc(NC(CC(=O)O)C(=O)O)n1. The molecule has 9 heteroatoms. The topological polar surface area (TPSA) is 139 Å². The number of anilines is 1. The van der Waals surface area contributed by atoms with Gasteiger partial charge in [-0.3, -0.25) is 4.79 Å². The lowest BCUT2D eigenvalue weighted by atomic mass is 10.2. The molecule has 0 saturated carbocycles. The highest BCUT2D eigenvalue weighted by atomic mass is 16.5. The fraction of sp³-hybridized carbons (Fsp3) is 0.364. The van der Waals surface area contributed by atoms with E-state index in [-0.39, 0.29) is 11.6 Å². The minimum Gasteiger partial charge on any atom is -0.481 e. The van der Waals surface area contributed by atoms with E-state index in [4.69, 9.17) is 10.2 Å². The Morgan fingerprint density at radius 2 is 2.00 bits per heavy atom. The average molecular weight is 283 g/mol. The predicted octanol–water partition coefficient (Wildman–Crippen LogP) is -0.0886. The number of ether oxygens (including phenoxy) is 1. The molecule has 0 radical (unpaired) electrons. The zero-order valence-corrected chi connectivity index (χ0v) is 10.8. The summed E-state index contributed by atoms with van der Waals surface area (Å²) in [4.78, 5) is 40.5. The molecule has 1 rings (SSSR count). The van der Waals surface area contributed by atoms with E-state index in [0.29, 0.717) is 5.69 Å². The molecule has 0 fully saturated rings. The van der Waals surface area contributed by atoms with Gasteiger partial charge in [0.05, 0.1) is 13.5 Å². The second kappa shape index (κ2) is 6.45. The first kappa shape index (κ1) is 15.3. The normalized spacial score (nSPS) is 11.5. The number of nitrogens with zero attached hydrogens (tertiary/aromatic N) is 2. The molecule has 1 unspecified atom stereocenters. The molecule has 20 heavy (non-hydrogen) atoms. The number of esters is 1. The maximum Gasteiger partial charge on any atom is 0.376 e. The van der Waals surface area contributed by atoms with E-state index in [9.17, 15) is 14.4 Å². The molecular weight excluding hydrogens is 270 g/mol. The third-order valence-corrected chi connectivity index (χ3v) is 2.22. The van der Waals surface area contributed by atoms with Crippen LogP contribution < -0.4 is 5.32 Å². The zero-order chi connectivity index (χ0) is 15.3. The number of nitrogens with one attached hydrogen (secondary N) is 1. The predicted molar refractivity (Wildman–Crippen MR) is 65.4 cm³/mol. The Morgan fingerprint density at radius 3 is 2.50 bits per heavy atom. The minimum atomic E-state index is -1.37. The van der Waals surface area contributed by atoms with Gasteiger partial charge in [0, 0.05) is 11.8 Å². The maximum atomic E-state index is 11.3. The molecular formula is C11H13N3O6. The summed E-state index contributed by atoms with van der Waals surface area (Å²) >= 11 is 0. The number of rotatable bonds is 6. The summed E-state index contributed by atoms with van der Waals surface area (Å²) in [6.45, 7) is 1.58. The highest BCUT2D eigenvalue weighted by molar-refractivity contribution is 5.86. The largest absolute Gasteiger partial charge is 0.481 e. The molecule has 0 bridgehead atoms. The van der Waals surface area contributed by atoms with Crippen LogP contribution in [-0.2, 0) is 14.3 Å². The summed E-state index contributed by atoms with van der Waals surface area (Å²) < 4.78 is 4.46. The van der Waals surface area contributed by atoms with Crippen molar-refractivity contribution in [2.75, 3.05) is 12.4 Å². The van der Waals surface area contributed by atoms with E-state index in [1.54, 1.807) is 6.92 Å². The fourth-order valence-corrected chi connectivity index (χ4v) is 1.38. The summed E-state index contributed by atoms with van der Waals surface area (Å²) in [5.41, 5.74) is 0.405. The molecule has 0 aromatic carbocycles. The Hall–Kier alpha value is -2.71. The van der Waals surface area contributed by atoms with Crippen molar-refractivity contribution in [2.24, 2.45) is 0 Å². The van der Waals surface area contributed by atoms with E-state index >= 15 is 0 Å². The quantitative estimate of drug-likeness (QED) is 0.611. The number of methoxy groups -OCH3 is 1. The lowest BCUT2D eigenvalue weighted by molar-refractivity contribution is -0.144. The monoisotopic (exact) mass is 283 g/mol. The third-order valence-electron chi connectivity index (χ3n) is 2.22. The number of hydrogen-bond donors (Lipinski definition) is 3. The van der Waals surface area contributed by atoms with Gasteiger partial charge >= 0.3 is 17.9 Å². The number of carbonyl (C=O) groups excluding carboxylic acids is 1. The number of carboxylic acid groups (broad SMARTS) is 2. The Labute approximate surface area is 113 Å². The summed E-state index contributed by atoms with van der Waals surface area (Å²) in [5.74, 6) is -3.60. The van der Waals surface area contributed by atoms with Gasteiger partial charge in [-0.2, -0.15) is 0 Å². The van der Waals surface area contributed by atoms with Gasteiger partial charge in [0.15, 0.2) is 0 Å². The first-order chi connectivity index (χ1) is 9.33. The van der Waals surface area contributed by atoms with Crippen LogP contribution in [0, 0.1) is 6.92 Å². The van der Waals surface area contributed by atoms with E-state index in [2.05, 4.69) is 20.0 Å². The van der Waals surface area contributed by atoms with Crippen molar-refractivity contribution in [1.29, 1.82) is 0 Å². The van der Waals surface area contributed by atoms with Gasteiger partial charge in [-0.25, -0.2) is 19.6 Å². The van der Waals surface area contributed by atoms with E-state index in [1.165, 1.54) is 6.07 Å². The van der Waals surface area contributed by atoms with Gasteiger partial charge in [0.1, 0.15) is 11.9 Å². The molecule has 3 N–H and O–H groups in total. The van der Waals surface area contributed by atoms with Crippen LogP contribution in [-0.4, -0.2) is 51.2 Å². The van der Waals surface area contributed by atoms with Crippen molar-refractivity contribution in [3.05, 3.63) is 17.6 Å². The number of aromatic nitrogens is 2. The van der Waals surface area contributed by atoms with Crippen molar-refractivity contribution < 1.29 is 29.3 Å². The molecule has 1 aromatic heterocycles. The third kappa shape index (κ3) is 4.19. The van der Waals surface area contributed by atoms with Crippen LogP contribution in [0.1, 0.15) is 22.7 Å². The maximum absolute atomic E-state index is 11.3. The molecule has 1 atom stereocenters. The van der Waals surface area contributed by atoms with Crippen LogP contribution in [0.15, 0.2) is 6.07 Å². The standard InChI is InChI=1S/C11H13N3O6/c1-5-3-7(14-9(12-5)11(19)20-2)13-6(10(17)18)4-8(15)16/h3,6H,4H2,1-2H3,(H,15,16)(H,17,18)(H,12,13,14). The van der Waals surface area contributed by atoms with Gasteiger partial charge in [-0.1, -0.05) is 0 Å². The van der Waals surface area contributed by atoms with Gasteiger partial charge in [0.25, 0.3) is 0 Å². The molecule has 0 aliphatic rings. The number of carbonyl (C=O) groups is 3. The van der Waals surface area contributed by atoms with Crippen molar-refractivity contribution in [3.8, 4) is 0 Å². The molecule has 9 nitrogen and oxygen atoms in total. The average Bonchev–Trinajstić information content (AvgIpc) is 2.35. The molecule has 1 aromatic rings. The second-order valence-corrected chi connectivity index (χ2v) is 3.84. The van der Waals surface area contributed by atoms with E-state index in [1.807, 2.05) is 0 Å². The Kier molecular flexibility index (Phi) is 4.95. The Balaban J connectivity index is 3.00. The molecule has 0 spiro atoms. The van der Waals surface area contributed by atoms with Crippen molar-refractivity contribution in [2.45, 2.75) is 19.4 Å². The van der Waals surface area contributed by atoms with Crippen molar-refractivity contribution >= 4 is 23.7 Å². The first-order valence-corrected chi connectivity index (χ1v) is 5.48. The number of hydrogen-bond acceptors (Lipinski definition) is 7. The fourth-order valence-electron chi connectivity index (χ4n) is 1.38. The van der Waals surface area contributed by atoms with Gasteiger partial charge in [-0.15, -0.1) is 0 Å². The minimum absolute atomic E-state index is 0.0338. The molecule has 0 aliphatic heterocycles. The Bertz CT molecular complexity index is 545. The summed E-state index contributed by atoms with van der Waals surface area (Å²) in [7, 11) is 1.16. The highest BCUT2D eigenvalue weighted by Gasteiger charge is 2.22. The van der Waals surface area contributed by atoms with E-state index < -0.39 is 30.4 Å². The summed E-state index contributed by atoms with van der Waals surface area (Å²) in [5, 5.41) is 20.0. The smallest absolute Gasteiger partial charge is 0.376 e. The zero-order valence-electron chi connectivity index (χ0n) is 10.8. The molecule has 0 saturated heterocycles. The lowest BCUT2D eigenvalue weighted by Gasteiger charge is -2.13. The van der Waals surface area contributed by atoms with Crippen LogP contribution >= 0.6 is 0 Å². The van der Waals surface area contributed by atoms with Crippen LogP contribution in [0.3, 0.4) is 0 Å². The lowest BCUT2D eigenvalue weighted by Crippen LogP contribution is -2.32. The van der Waals surface area contributed by atoms with Crippen LogP contribution in [0.2, 0.25) is 0 Å². The Morgan fingerprint density at radius 1 is 1.35 bits per heavy atom. The first-order valence-electron chi connectivity index (χ1n) is 5.48.